The Kier molecular flexibility index (Phi) is 6.47. The monoisotopic (exact) mass is 298 g/mol. The van der Waals surface area contributed by atoms with Crippen LogP contribution in [-0.4, -0.2) is 48.6 Å². The highest BCUT2D eigenvalue weighted by atomic mass is 32.1. The SMILES string of the molecule is C=CCN(C(=O)c1sc(NCCOC)nc1N)C(C)C. The quantitative estimate of drug-likeness (QED) is 0.565. The van der Waals surface area contributed by atoms with Gasteiger partial charge in [0.25, 0.3) is 5.91 Å². The van der Waals surface area contributed by atoms with Crippen LogP contribution in [-0.2, 0) is 4.74 Å². The second kappa shape index (κ2) is 7.86. The summed E-state index contributed by atoms with van der Waals surface area (Å²) in [6.07, 6.45) is 1.70. The molecule has 0 atom stereocenters. The second-order valence-corrected chi connectivity index (χ2v) is 5.49. The molecule has 1 aromatic rings. The van der Waals surface area contributed by atoms with Crippen LogP contribution in [0.25, 0.3) is 0 Å². The summed E-state index contributed by atoms with van der Waals surface area (Å²) in [6.45, 7) is 9.26. The van der Waals surface area contributed by atoms with Crippen LogP contribution >= 0.6 is 11.3 Å². The number of nitrogen functional groups attached to an aromatic ring is 1. The van der Waals surface area contributed by atoms with Gasteiger partial charge in [-0.15, -0.1) is 6.58 Å². The lowest BCUT2D eigenvalue weighted by Gasteiger charge is -2.24. The number of carbonyl (C=O) groups is 1. The van der Waals surface area contributed by atoms with E-state index in [2.05, 4.69) is 16.9 Å². The van der Waals surface area contributed by atoms with E-state index in [9.17, 15) is 4.79 Å². The third-order valence-electron chi connectivity index (χ3n) is 2.64. The molecule has 0 aliphatic heterocycles. The van der Waals surface area contributed by atoms with Crippen molar-refractivity contribution in [1.29, 1.82) is 0 Å². The third kappa shape index (κ3) is 4.21. The molecule has 0 unspecified atom stereocenters. The molecule has 3 N–H and O–H groups in total. The summed E-state index contributed by atoms with van der Waals surface area (Å²) in [6, 6.07) is 0.0758. The van der Waals surface area contributed by atoms with Gasteiger partial charge < -0.3 is 20.7 Å². The summed E-state index contributed by atoms with van der Waals surface area (Å²) in [5.41, 5.74) is 5.84. The van der Waals surface area contributed by atoms with Crippen LogP contribution in [0.1, 0.15) is 23.5 Å². The first-order valence-corrected chi connectivity index (χ1v) is 7.23. The number of amides is 1. The van der Waals surface area contributed by atoms with Gasteiger partial charge in [0, 0.05) is 26.2 Å². The highest BCUT2D eigenvalue weighted by molar-refractivity contribution is 7.18. The van der Waals surface area contributed by atoms with Crippen LogP contribution in [0.5, 0.6) is 0 Å². The molecule has 6 nitrogen and oxygen atoms in total. The Balaban J connectivity index is 2.83. The number of thiazole rings is 1. The topological polar surface area (TPSA) is 80.5 Å². The fraction of sp³-hybridized carbons (Fsp3) is 0.538. The predicted molar refractivity (Wildman–Crippen MR) is 83.3 cm³/mol. The molecule has 0 saturated heterocycles. The minimum atomic E-state index is -0.116. The number of aromatic nitrogens is 1. The first kappa shape index (κ1) is 16.5. The molecule has 0 spiro atoms. The summed E-state index contributed by atoms with van der Waals surface area (Å²) >= 11 is 1.26. The zero-order chi connectivity index (χ0) is 15.1. The number of hydrogen-bond acceptors (Lipinski definition) is 6. The lowest BCUT2D eigenvalue weighted by Crippen LogP contribution is -2.36. The maximum absolute atomic E-state index is 12.5. The van der Waals surface area contributed by atoms with E-state index in [1.165, 1.54) is 11.3 Å². The molecule has 1 amide bonds. The molecule has 112 valence electrons. The lowest BCUT2D eigenvalue weighted by atomic mass is 10.3. The van der Waals surface area contributed by atoms with Gasteiger partial charge in [0.15, 0.2) is 5.13 Å². The van der Waals surface area contributed by atoms with Crippen LogP contribution < -0.4 is 11.1 Å². The van der Waals surface area contributed by atoms with Crippen LogP contribution in [0.2, 0.25) is 0 Å². The van der Waals surface area contributed by atoms with Gasteiger partial charge in [0.05, 0.1) is 6.61 Å². The van der Waals surface area contributed by atoms with E-state index in [1.54, 1.807) is 18.1 Å². The number of hydrogen-bond donors (Lipinski definition) is 2. The highest BCUT2D eigenvalue weighted by Crippen LogP contribution is 2.26. The summed E-state index contributed by atoms with van der Waals surface area (Å²) in [5, 5.41) is 3.70. The number of ether oxygens (including phenoxy) is 1. The molecule has 0 bridgehead atoms. The lowest BCUT2D eigenvalue weighted by molar-refractivity contribution is 0.0734. The van der Waals surface area contributed by atoms with Crippen molar-refractivity contribution in [3.05, 3.63) is 17.5 Å². The van der Waals surface area contributed by atoms with E-state index in [1.807, 2.05) is 13.8 Å². The number of rotatable bonds is 8. The fourth-order valence-electron chi connectivity index (χ4n) is 1.62. The molecule has 1 heterocycles. The maximum Gasteiger partial charge on any atom is 0.268 e. The fourth-order valence-corrected chi connectivity index (χ4v) is 2.48. The van der Waals surface area contributed by atoms with Crippen LogP contribution in [0.15, 0.2) is 12.7 Å². The molecule has 7 heteroatoms. The standard InChI is InChI=1S/C13H22N4O2S/c1-5-7-17(9(2)3)12(18)10-11(14)16-13(20-10)15-6-8-19-4/h5,9H,1,6-8,14H2,2-4H3,(H,15,16). The molecular formula is C13H22N4O2S. The molecule has 0 aromatic carbocycles. The van der Waals surface area contributed by atoms with Gasteiger partial charge in [-0.2, -0.15) is 0 Å². The zero-order valence-electron chi connectivity index (χ0n) is 12.2. The van der Waals surface area contributed by atoms with E-state index in [0.717, 1.165) is 0 Å². The first-order valence-electron chi connectivity index (χ1n) is 6.42. The van der Waals surface area contributed by atoms with Gasteiger partial charge >= 0.3 is 0 Å². The van der Waals surface area contributed by atoms with Gasteiger partial charge in [-0.25, -0.2) is 4.98 Å². The van der Waals surface area contributed by atoms with E-state index in [-0.39, 0.29) is 17.8 Å². The van der Waals surface area contributed by atoms with Crippen molar-refractivity contribution in [1.82, 2.24) is 9.88 Å². The van der Waals surface area contributed by atoms with E-state index in [4.69, 9.17) is 10.5 Å². The Labute approximate surface area is 123 Å². The Bertz CT molecular complexity index is 459. The summed E-state index contributed by atoms with van der Waals surface area (Å²) in [4.78, 5) is 18.8. The smallest absolute Gasteiger partial charge is 0.268 e. The highest BCUT2D eigenvalue weighted by Gasteiger charge is 2.23. The average molecular weight is 298 g/mol. The van der Waals surface area contributed by atoms with Gasteiger partial charge in [0.2, 0.25) is 0 Å². The van der Waals surface area contributed by atoms with E-state index >= 15 is 0 Å². The molecule has 1 aromatic heterocycles. The van der Waals surface area contributed by atoms with Crippen molar-refractivity contribution in [2.75, 3.05) is 37.9 Å². The normalized spacial score (nSPS) is 10.6. The van der Waals surface area contributed by atoms with Crippen LogP contribution in [0.4, 0.5) is 10.9 Å². The van der Waals surface area contributed by atoms with Crippen molar-refractivity contribution >= 4 is 28.2 Å². The Morgan fingerprint density at radius 3 is 2.90 bits per heavy atom. The van der Waals surface area contributed by atoms with Crippen molar-refractivity contribution in [2.24, 2.45) is 0 Å². The first-order chi connectivity index (χ1) is 9.51. The number of carbonyl (C=O) groups excluding carboxylic acids is 1. The van der Waals surface area contributed by atoms with Crippen molar-refractivity contribution in [3.8, 4) is 0 Å². The third-order valence-corrected chi connectivity index (χ3v) is 3.66. The Morgan fingerprint density at radius 2 is 2.35 bits per heavy atom. The van der Waals surface area contributed by atoms with Crippen LogP contribution in [0.3, 0.4) is 0 Å². The molecule has 0 aliphatic carbocycles. The van der Waals surface area contributed by atoms with Crippen LogP contribution in [0, 0.1) is 0 Å². The largest absolute Gasteiger partial charge is 0.383 e. The molecule has 1 rings (SSSR count). The Morgan fingerprint density at radius 1 is 1.65 bits per heavy atom. The summed E-state index contributed by atoms with van der Waals surface area (Å²) < 4.78 is 4.95. The minimum Gasteiger partial charge on any atom is -0.383 e. The number of nitrogens with zero attached hydrogens (tertiary/aromatic N) is 2. The molecule has 20 heavy (non-hydrogen) atoms. The number of nitrogens with one attached hydrogen (secondary N) is 1. The molecule has 0 saturated carbocycles. The summed E-state index contributed by atoms with van der Waals surface area (Å²) in [7, 11) is 1.63. The maximum atomic E-state index is 12.5. The van der Waals surface area contributed by atoms with Crippen molar-refractivity contribution in [2.45, 2.75) is 19.9 Å². The number of methoxy groups -OCH3 is 1. The van der Waals surface area contributed by atoms with Gasteiger partial charge in [-0.1, -0.05) is 17.4 Å². The van der Waals surface area contributed by atoms with Gasteiger partial charge in [0.1, 0.15) is 10.7 Å². The molecule has 0 aliphatic rings. The van der Waals surface area contributed by atoms with E-state index < -0.39 is 0 Å². The van der Waals surface area contributed by atoms with Crippen molar-refractivity contribution in [3.63, 3.8) is 0 Å². The zero-order valence-corrected chi connectivity index (χ0v) is 13.0. The van der Waals surface area contributed by atoms with E-state index in [0.29, 0.717) is 29.7 Å². The molecule has 0 fully saturated rings. The molecule has 0 radical (unpaired) electrons. The Hall–Kier alpha value is -1.60. The van der Waals surface area contributed by atoms with Crippen molar-refractivity contribution < 1.29 is 9.53 Å². The van der Waals surface area contributed by atoms with Gasteiger partial charge in [-0.3, -0.25) is 4.79 Å². The number of nitrogens with two attached hydrogens (primary N) is 1. The summed E-state index contributed by atoms with van der Waals surface area (Å²) in [5.74, 6) is 0.143. The number of anilines is 2. The molecular weight excluding hydrogens is 276 g/mol. The average Bonchev–Trinajstić information content (AvgIpc) is 2.76. The van der Waals surface area contributed by atoms with Gasteiger partial charge in [-0.05, 0) is 13.8 Å². The minimum absolute atomic E-state index is 0.0758. The predicted octanol–water partition coefficient (Wildman–Crippen LogP) is 1.82. The second-order valence-electron chi connectivity index (χ2n) is 4.49.